The highest BCUT2D eigenvalue weighted by Gasteiger charge is 2.18. The molecular weight excluding hydrogens is 399 g/mol. The number of carbonyl (C=O) groups is 2. The summed E-state index contributed by atoms with van der Waals surface area (Å²) in [7, 11) is 0. The van der Waals surface area contributed by atoms with Crippen LogP contribution in [-0.4, -0.2) is 34.6 Å². The summed E-state index contributed by atoms with van der Waals surface area (Å²) < 4.78 is 40.6. The highest BCUT2D eigenvalue weighted by molar-refractivity contribution is 5.91. The smallest absolute Gasteiger partial charge is 0.222 e. The molecule has 1 unspecified atom stereocenters. The van der Waals surface area contributed by atoms with Crippen molar-refractivity contribution in [2.45, 2.75) is 25.4 Å². The Bertz CT molecular complexity index is 1080. The largest absolute Gasteiger partial charge is 0.391 e. The Hall–Kier alpha value is -3.33. The Labute approximate surface area is 169 Å². The number of aromatic nitrogens is 1. The quantitative estimate of drug-likeness (QED) is 0.522. The minimum absolute atomic E-state index is 0.0410. The van der Waals surface area contributed by atoms with Crippen molar-refractivity contribution in [1.82, 2.24) is 10.3 Å². The number of halogens is 3. The molecule has 30 heavy (non-hydrogen) atoms. The molecule has 2 aromatic carbocycles. The van der Waals surface area contributed by atoms with Crippen LogP contribution in [0.25, 0.3) is 22.2 Å². The van der Waals surface area contributed by atoms with E-state index >= 15 is 0 Å². The summed E-state index contributed by atoms with van der Waals surface area (Å²) in [6, 6.07) is 7.60. The number of aromatic amines is 1. The van der Waals surface area contributed by atoms with Gasteiger partial charge in [0.05, 0.1) is 18.0 Å². The Morgan fingerprint density at radius 2 is 1.83 bits per heavy atom. The van der Waals surface area contributed by atoms with Gasteiger partial charge in [-0.25, -0.2) is 13.2 Å². The van der Waals surface area contributed by atoms with Crippen molar-refractivity contribution >= 4 is 22.7 Å². The predicted molar refractivity (Wildman–Crippen MR) is 105 cm³/mol. The number of benzene rings is 2. The molecule has 1 fully saturated rings. The van der Waals surface area contributed by atoms with Crippen LogP contribution in [-0.2, 0) is 16.0 Å². The first-order chi connectivity index (χ1) is 14.2. The Balaban J connectivity index is 0.000000310. The van der Waals surface area contributed by atoms with Gasteiger partial charge in [-0.1, -0.05) is 0 Å². The molecule has 0 bridgehead atoms. The van der Waals surface area contributed by atoms with E-state index in [4.69, 9.17) is 10.8 Å². The van der Waals surface area contributed by atoms with Gasteiger partial charge >= 0.3 is 0 Å². The molecular formula is C21H20F3N3O3. The van der Waals surface area contributed by atoms with Crippen molar-refractivity contribution in [2.75, 3.05) is 6.54 Å². The molecule has 2 heterocycles. The first-order valence-electron chi connectivity index (χ1n) is 9.23. The normalized spacial score (nSPS) is 15.6. The van der Waals surface area contributed by atoms with E-state index in [9.17, 15) is 22.8 Å². The first kappa shape index (κ1) is 21.4. The second kappa shape index (κ2) is 9.00. The molecule has 0 radical (unpaired) electrons. The van der Waals surface area contributed by atoms with Gasteiger partial charge < -0.3 is 21.1 Å². The molecule has 1 aliphatic heterocycles. The molecule has 1 atom stereocenters. The van der Waals surface area contributed by atoms with Crippen LogP contribution in [0.3, 0.4) is 0 Å². The molecule has 5 N–H and O–H groups in total. The van der Waals surface area contributed by atoms with Gasteiger partial charge in [0.15, 0.2) is 0 Å². The molecule has 1 aromatic heterocycles. The van der Waals surface area contributed by atoms with Gasteiger partial charge in [-0.15, -0.1) is 0 Å². The summed E-state index contributed by atoms with van der Waals surface area (Å²) in [4.78, 5) is 24.2. The zero-order valence-corrected chi connectivity index (χ0v) is 15.8. The number of aliphatic hydroxyl groups is 1. The number of rotatable bonds is 4. The van der Waals surface area contributed by atoms with E-state index in [1.165, 1.54) is 30.3 Å². The Morgan fingerprint density at radius 1 is 1.13 bits per heavy atom. The third-order valence-corrected chi connectivity index (χ3v) is 4.64. The summed E-state index contributed by atoms with van der Waals surface area (Å²) in [5.74, 6) is -2.40. The third kappa shape index (κ3) is 4.98. The number of carbonyl (C=O) groups excluding carboxylic acids is 2. The fourth-order valence-corrected chi connectivity index (χ4v) is 3.23. The average Bonchev–Trinajstić information content (AvgIpc) is 3.23. The summed E-state index contributed by atoms with van der Waals surface area (Å²) in [6.45, 7) is 0.429. The maximum Gasteiger partial charge on any atom is 0.222 e. The summed E-state index contributed by atoms with van der Waals surface area (Å²) >= 11 is 0. The third-order valence-electron chi connectivity index (χ3n) is 4.64. The highest BCUT2D eigenvalue weighted by Crippen LogP contribution is 2.33. The molecule has 9 heteroatoms. The van der Waals surface area contributed by atoms with Crippen molar-refractivity contribution in [3.8, 4) is 11.3 Å². The van der Waals surface area contributed by atoms with Gasteiger partial charge in [-0.3, -0.25) is 9.59 Å². The number of amides is 2. The maximum atomic E-state index is 14.0. The van der Waals surface area contributed by atoms with Gasteiger partial charge in [0.1, 0.15) is 17.5 Å². The molecule has 3 aromatic rings. The number of aryl methyl sites for hydroxylation is 1. The van der Waals surface area contributed by atoms with Crippen molar-refractivity contribution < 1.29 is 27.9 Å². The van der Waals surface area contributed by atoms with E-state index in [1.807, 2.05) is 0 Å². The topological polar surface area (TPSA) is 108 Å². The van der Waals surface area contributed by atoms with Crippen molar-refractivity contribution in [2.24, 2.45) is 5.73 Å². The predicted octanol–water partition coefficient (Wildman–Crippen LogP) is 2.54. The molecule has 4 rings (SSSR count). The van der Waals surface area contributed by atoms with Gasteiger partial charge in [0, 0.05) is 30.1 Å². The lowest BCUT2D eigenvalue weighted by atomic mass is 10.0. The van der Waals surface area contributed by atoms with Gasteiger partial charge in [-0.2, -0.15) is 0 Å². The van der Waals surface area contributed by atoms with Crippen molar-refractivity contribution in [3.63, 3.8) is 0 Å². The summed E-state index contributed by atoms with van der Waals surface area (Å²) in [5, 5.41) is 11.4. The molecule has 0 spiro atoms. The van der Waals surface area contributed by atoms with E-state index in [1.54, 1.807) is 0 Å². The van der Waals surface area contributed by atoms with E-state index in [-0.39, 0.29) is 30.7 Å². The van der Waals surface area contributed by atoms with Gasteiger partial charge in [-0.05, 0) is 47.9 Å². The van der Waals surface area contributed by atoms with Gasteiger partial charge in [0.2, 0.25) is 11.8 Å². The Morgan fingerprint density at radius 3 is 2.37 bits per heavy atom. The van der Waals surface area contributed by atoms with Gasteiger partial charge in [0.25, 0.3) is 0 Å². The van der Waals surface area contributed by atoms with Crippen LogP contribution in [0.5, 0.6) is 0 Å². The van der Waals surface area contributed by atoms with Crippen LogP contribution in [0.2, 0.25) is 0 Å². The average molecular weight is 419 g/mol. The molecule has 0 saturated carbocycles. The van der Waals surface area contributed by atoms with Crippen LogP contribution in [0.1, 0.15) is 18.4 Å². The van der Waals surface area contributed by atoms with Crippen LogP contribution in [0.15, 0.2) is 36.4 Å². The van der Waals surface area contributed by atoms with Crippen LogP contribution in [0, 0.1) is 17.5 Å². The molecule has 158 valence electrons. The van der Waals surface area contributed by atoms with Crippen LogP contribution >= 0.6 is 0 Å². The van der Waals surface area contributed by atoms with E-state index < -0.39 is 29.5 Å². The zero-order chi connectivity index (χ0) is 21.8. The lowest BCUT2D eigenvalue weighted by Gasteiger charge is -2.04. The molecule has 2 amide bonds. The van der Waals surface area contributed by atoms with Crippen LogP contribution < -0.4 is 11.1 Å². The van der Waals surface area contributed by atoms with E-state index in [0.717, 1.165) is 6.07 Å². The fraction of sp³-hybridized carbons (Fsp3) is 0.238. The molecule has 0 aliphatic carbocycles. The van der Waals surface area contributed by atoms with Crippen molar-refractivity contribution in [1.29, 1.82) is 0 Å². The number of hydrogen-bond acceptors (Lipinski definition) is 3. The second-order valence-corrected chi connectivity index (χ2v) is 6.92. The molecule has 1 aliphatic rings. The molecule has 1 saturated heterocycles. The van der Waals surface area contributed by atoms with E-state index in [0.29, 0.717) is 28.8 Å². The summed E-state index contributed by atoms with van der Waals surface area (Å²) in [5.41, 5.74) is 7.02. The maximum absolute atomic E-state index is 14.0. The zero-order valence-electron chi connectivity index (χ0n) is 15.8. The minimum atomic E-state index is -0.728. The monoisotopic (exact) mass is 419 g/mol. The Kier molecular flexibility index (Phi) is 6.41. The number of fused-ring (bicyclic) bond motifs is 1. The first-order valence-corrected chi connectivity index (χ1v) is 9.23. The second-order valence-electron chi connectivity index (χ2n) is 6.92. The lowest BCUT2D eigenvalue weighted by Crippen LogP contribution is -2.14. The fourth-order valence-electron chi connectivity index (χ4n) is 3.23. The number of nitrogens with one attached hydrogen (secondary N) is 2. The number of primary amides is 1. The summed E-state index contributed by atoms with van der Waals surface area (Å²) in [6.07, 6.45) is 0.108. The van der Waals surface area contributed by atoms with Crippen LogP contribution in [0.4, 0.5) is 13.2 Å². The number of H-pyrrole nitrogens is 1. The number of aliphatic hydroxyl groups excluding tert-OH is 1. The standard InChI is InChI=1S/C17H13F3N2O.C4H7NO2/c18-10-3-1-9(2-4-10)16-12(5-6-15(21)23)13-7-11(19)8-14(20)17(13)22-16;6-3-1-4(7)5-2-3/h1-4,7-8,22H,5-6H2,(H2,21,23);3,6H,1-2H2,(H,5,7). The van der Waals surface area contributed by atoms with Crippen molar-refractivity contribution in [3.05, 3.63) is 59.4 Å². The molecule has 6 nitrogen and oxygen atoms in total. The SMILES string of the molecule is NC(=O)CCc1c(-c2ccc(F)cc2)[nH]c2c(F)cc(F)cc12.O=C1CC(O)CN1. The number of hydrogen-bond donors (Lipinski definition) is 4. The minimum Gasteiger partial charge on any atom is -0.391 e. The number of nitrogens with two attached hydrogens (primary N) is 1. The lowest BCUT2D eigenvalue weighted by molar-refractivity contribution is -0.119. The van der Waals surface area contributed by atoms with E-state index in [2.05, 4.69) is 10.3 Å². The highest BCUT2D eigenvalue weighted by atomic mass is 19.1. The number of β-amino-alcohol motifs (C(OH)–C–C–N with tert-alkyl or cyclic N) is 1.